The summed E-state index contributed by atoms with van der Waals surface area (Å²) in [5, 5.41) is 6.85. The minimum absolute atomic E-state index is 0.0386. The third-order valence-corrected chi connectivity index (χ3v) is 10.6. The predicted octanol–water partition coefficient (Wildman–Crippen LogP) is 6.25. The van der Waals surface area contributed by atoms with Gasteiger partial charge in [-0.15, -0.1) is 0 Å². The minimum Gasteiger partial charge on any atom is -0.336 e. The second-order valence-electron chi connectivity index (χ2n) is 13.0. The average molecular weight is 527 g/mol. The summed E-state index contributed by atoms with van der Waals surface area (Å²) < 4.78 is 22.5. The number of halogens is 1. The monoisotopic (exact) mass is 526 g/mol. The Balaban J connectivity index is 1.16. The molecule has 3 saturated carbocycles. The van der Waals surface area contributed by atoms with Gasteiger partial charge in [-0.2, -0.15) is 0 Å². The molecule has 38 heavy (non-hydrogen) atoms. The molecule has 1 aromatic carbocycles. The van der Waals surface area contributed by atoms with Gasteiger partial charge in [0.2, 0.25) is 5.91 Å². The zero-order valence-electron chi connectivity index (χ0n) is 23.1. The summed E-state index contributed by atoms with van der Waals surface area (Å²) in [6, 6.07) is 7.67. The van der Waals surface area contributed by atoms with Gasteiger partial charge in [-0.1, -0.05) is 57.6 Å². The van der Waals surface area contributed by atoms with Gasteiger partial charge in [0.25, 0.3) is 0 Å². The van der Waals surface area contributed by atoms with E-state index >= 15 is 4.39 Å². The van der Waals surface area contributed by atoms with Crippen molar-refractivity contribution in [1.29, 1.82) is 0 Å². The summed E-state index contributed by atoms with van der Waals surface area (Å²) in [6.45, 7) is 2.26. The lowest BCUT2D eigenvalue weighted by Gasteiger charge is -2.50. The number of rotatable bonds is 4. The smallest absolute Gasteiger partial charge is 0.241 e. The van der Waals surface area contributed by atoms with Gasteiger partial charge in [-0.25, -0.2) is 15.2 Å². The zero-order valence-corrected chi connectivity index (χ0v) is 23.1. The third-order valence-electron chi connectivity index (χ3n) is 10.6. The molecule has 6 nitrogen and oxygen atoms in total. The number of carbonyl (C=O) groups excluding carboxylic acids is 1. The summed E-state index contributed by atoms with van der Waals surface area (Å²) in [7, 11) is 0. The van der Waals surface area contributed by atoms with E-state index in [1.54, 1.807) is 0 Å². The highest BCUT2D eigenvalue weighted by Gasteiger charge is 2.60. The van der Waals surface area contributed by atoms with Crippen LogP contribution >= 0.6 is 0 Å². The number of carbonyl (C=O) groups is 1. The highest BCUT2D eigenvalue weighted by molar-refractivity contribution is 5.95. The van der Waals surface area contributed by atoms with E-state index in [-0.39, 0.29) is 29.9 Å². The van der Waals surface area contributed by atoms with Crippen molar-refractivity contribution in [2.45, 2.75) is 133 Å². The standard InChI is InChI=1S/C31H47FN4O2/c1-21-15-16-26(32)31(23-12-6-3-2-4-7-13-23)20-25(34-27(21)31)28(37)33-24-14-10-11-22(19-24)29-35-36-30(38-29)17-8-5-9-18-30/h10-11,14,19,21,23,25-27,29,34-36H,2-9,12-13,15-18,20H2,1H3,(H,33,37). The number of fused-ring (bicyclic) bond motifs is 1. The Morgan fingerprint density at radius 1 is 1.00 bits per heavy atom. The summed E-state index contributed by atoms with van der Waals surface area (Å²) in [4.78, 5) is 13.6. The van der Waals surface area contributed by atoms with Crippen molar-refractivity contribution < 1.29 is 13.9 Å². The number of anilines is 1. The molecule has 3 aliphatic carbocycles. The lowest BCUT2D eigenvalue weighted by Crippen LogP contribution is -2.55. The topological polar surface area (TPSA) is 74.4 Å². The molecule has 1 spiro atoms. The first kappa shape index (κ1) is 26.7. The number of hydrogen-bond donors (Lipinski definition) is 4. The third kappa shape index (κ3) is 5.04. The van der Waals surface area contributed by atoms with Gasteiger partial charge in [-0.05, 0) is 87.3 Å². The fraction of sp³-hybridized carbons (Fsp3) is 0.774. The van der Waals surface area contributed by atoms with E-state index in [1.807, 2.05) is 24.3 Å². The number of hydrazine groups is 1. The fourth-order valence-corrected chi connectivity index (χ4v) is 8.62. The van der Waals surface area contributed by atoms with E-state index < -0.39 is 11.6 Å². The largest absolute Gasteiger partial charge is 0.336 e. The van der Waals surface area contributed by atoms with Crippen molar-refractivity contribution in [3.8, 4) is 0 Å². The summed E-state index contributed by atoms with van der Waals surface area (Å²) in [5.74, 6) is 0.714. The molecule has 0 bridgehead atoms. The molecule has 2 heterocycles. The van der Waals surface area contributed by atoms with Gasteiger partial charge in [0.1, 0.15) is 18.1 Å². The number of alkyl halides is 1. The van der Waals surface area contributed by atoms with Crippen LogP contribution in [0.1, 0.15) is 115 Å². The molecule has 5 aliphatic rings. The normalized spacial score (nSPS) is 37.9. The number of benzene rings is 1. The van der Waals surface area contributed by atoms with Crippen molar-refractivity contribution in [3.63, 3.8) is 0 Å². The Morgan fingerprint density at radius 3 is 2.53 bits per heavy atom. The van der Waals surface area contributed by atoms with Crippen LogP contribution in [-0.4, -0.2) is 29.9 Å². The van der Waals surface area contributed by atoms with Crippen LogP contribution in [0.3, 0.4) is 0 Å². The Labute approximate surface area is 227 Å². The first-order valence-electron chi connectivity index (χ1n) is 15.5. The average Bonchev–Trinajstić information content (AvgIpc) is 3.51. The second-order valence-corrected chi connectivity index (χ2v) is 13.0. The van der Waals surface area contributed by atoms with Crippen LogP contribution in [0.2, 0.25) is 0 Å². The molecule has 5 fully saturated rings. The van der Waals surface area contributed by atoms with Crippen molar-refractivity contribution in [1.82, 2.24) is 16.2 Å². The van der Waals surface area contributed by atoms with Gasteiger partial charge < -0.3 is 15.4 Å². The number of hydrogen-bond acceptors (Lipinski definition) is 5. The maximum Gasteiger partial charge on any atom is 0.241 e. The van der Waals surface area contributed by atoms with E-state index in [9.17, 15) is 4.79 Å². The van der Waals surface area contributed by atoms with Crippen LogP contribution in [-0.2, 0) is 9.53 Å². The molecule has 4 N–H and O–H groups in total. The van der Waals surface area contributed by atoms with Crippen LogP contribution in [0.15, 0.2) is 24.3 Å². The molecule has 210 valence electrons. The van der Waals surface area contributed by atoms with Crippen LogP contribution in [0.5, 0.6) is 0 Å². The maximum atomic E-state index is 16.0. The van der Waals surface area contributed by atoms with Crippen LogP contribution in [0, 0.1) is 17.3 Å². The lowest BCUT2D eigenvalue weighted by atomic mass is 9.56. The molecule has 2 saturated heterocycles. The highest BCUT2D eigenvalue weighted by Crippen LogP contribution is 2.56. The van der Waals surface area contributed by atoms with Crippen molar-refractivity contribution >= 4 is 11.6 Å². The summed E-state index contributed by atoms with van der Waals surface area (Å²) >= 11 is 0. The molecule has 6 atom stereocenters. The van der Waals surface area contributed by atoms with Gasteiger partial charge in [0.15, 0.2) is 0 Å². The maximum absolute atomic E-state index is 16.0. The van der Waals surface area contributed by atoms with Crippen LogP contribution < -0.4 is 21.5 Å². The molecule has 0 aromatic heterocycles. The predicted molar refractivity (Wildman–Crippen MR) is 148 cm³/mol. The Morgan fingerprint density at radius 2 is 1.74 bits per heavy atom. The van der Waals surface area contributed by atoms with E-state index in [1.165, 1.54) is 51.4 Å². The lowest BCUT2D eigenvalue weighted by molar-refractivity contribution is -0.118. The van der Waals surface area contributed by atoms with E-state index in [0.717, 1.165) is 43.4 Å². The minimum atomic E-state index is -0.827. The SMILES string of the molecule is CC1CCC(F)C2(C3CCCCCCC3)CC(C(=O)Nc3cccc(C4NNC5(CCCCC5)O4)c3)NC12. The second kappa shape index (κ2) is 11.1. The van der Waals surface area contributed by atoms with Crippen LogP contribution in [0.25, 0.3) is 0 Å². The molecule has 2 aliphatic heterocycles. The zero-order chi connectivity index (χ0) is 26.2. The molecule has 1 amide bonds. The molecular formula is C31H47FN4O2. The molecule has 7 heteroatoms. The quantitative estimate of drug-likeness (QED) is 0.373. The van der Waals surface area contributed by atoms with Gasteiger partial charge in [0.05, 0.1) is 6.04 Å². The first-order valence-corrected chi connectivity index (χ1v) is 15.5. The first-order chi connectivity index (χ1) is 18.5. The number of amides is 1. The van der Waals surface area contributed by atoms with Crippen molar-refractivity contribution in [2.75, 3.05) is 5.32 Å². The molecular weight excluding hydrogens is 479 g/mol. The summed E-state index contributed by atoms with van der Waals surface area (Å²) in [6.07, 6.45) is 15.1. The Kier molecular flexibility index (Phi) is 7.82. The van der Waals surface area contributed by atoms with E-state index in [0.29, 0.717) is 24.7 Å². The Bertz CT molecular complexity index is 976. The van der Waals surface area contributed by atoms with Gasteiger partial charge in [-0.3, -0.25) is 4.79 Å². The molecule has 6 rings (SSSR count). The number of nitrogens with one attached hydrogen (secondary N) is 4. The van der Waals surface area contributed by atoms with Gasteiger partial charge >= 0.3 is 0 Å². The van der Waals surface area contributed by atoms with Crippen molar-refractivity contribution in [2.24, 2.45) is 17.3 Å². The molecule has 1 aromatic rings. The fourth-order valence-electron chi connectivity index (χ4n) is 8.62. The van der Waals surface area contributed by atoms with Crippen molar-refractivity contribution in [3.05, 3.63) is 29.8 Å². The number of ether oxygens (including phenoxy) is 1. The molecule has 0 radical (unpaired) electrons. The van der Waals surface area contributed by atoms with Crippen LogP contribution in [0.4, 0.5) is 10.1 Å². The Hall–Kier alpha value is -1.54. The van der Waals surface area contributed by atoms with E-state index in [2.05, 4.69) is 28.4 Å². The highest BCUT2D eigenvalue weighted by atomic mass is 19.1. The molecule has 6 unspecified atom stereocenters. The summed E-state index contributed by atoms with van der Waals surface area (Å²) in [5.41, 5.74) is 7.79. The van der Waals surface area contributed by atoms with E-state index in [4.69, 9.17) is 4.74 Å². The van der Waals surface area contributed by atoms with Gasteiger partial charge in [0, 0.05) is 17.1 Å².